The average molecular weight is 387 g/mol. The van der Waals surface area contributed by atoms with Crippen LogP contribution >= 0.6 is 0 Å². The Morgan fingerprint density at radius 1 is 0.667 bits per heavy atom. The van der Waals surface area contributed by atoms with E-state index in [1.165, 1.54) is 21.8 Å². The minimum Gasteiger partial charge on any atom is -0.483 e. The first kappa shape index (κ1) is 15.8. The van der Waals surface area contributed by atoms with Crippen LogP contribution in [0.3, 0.4) is 0 Å². The summed E-state index contributed by atoms with van der Waals surface area (Å²) < 4.78 is 10.5. The molecule has 0 aliphatic carbocycles. The van der Waals surface area contributed by atoms with Gasteiger partial charge in [0, 0.05) is 16.5 Å². The molecule has 0 spiro atoms. The van der Waals surface area contributed by atoms with E-state index in [-0.39, 0.29) is 0 Å². The summed E-state index contributed by atoms with van der Waals surface area (Å²) in [6.45, 7) is 0.483. The van der Waals surface area contributed by atoms with Gasteiger partial charge in [-0.25, -0.2) is 4.98 Å². The molecule has 2 aromatic heterocycles. The maximum absolute atomic E-state index is 5.91. The Morgan fingerprint density at radius 2 is 1.37 bits per heavy atom. The summed E-state index contributed by atoms with van der Waals surface area (Å²) in [4.78, 5) is 4.83. The van der Waals surface area contributed by atoms with E-state index in [0.717, 1.165) is 34.0 Å². The van der Waals surface area contributed by atoms with Crippen LogP contribution in [0.1, 0.15) is 5.82 Å². The number of fused-ring (bicyclic) bond motifs is 8. The fourth-order valence-electron chi connectivity index (χ4n) is 4.73. The molecule has 7 rings (SSSR count). The highest BCUT2D eigenvalue weighted by Gasteiger charge is 2.21. The van der Waals surface area contributed by atoms with Crippen LogP contribution in [0, 0.1) is 0 Å². The first-order valence-electron chi connectivity index (χ1n) is 10.1. The summed E-state index contributed by atoms with van der Waals surface area (Å²) in [6.07, 6.45) is 0. The molecule has 0 unspecified atom stereocenters. The van der Waals surface area contributed by atoms with Crippen LogP contribution in [0.4, 0.5) is 0 Å². The predicted octanol–water partition coefficient (Wildman–Crippen LogP) is 6.02. The number of imidazole rings is 1. The SMILES string of the molecule is c1ccc2c(c1)OCc1nc3ccc(-n4c5ccccc5c5ccccc54)cc3n1-2. The van der Waals surface area contributed by atoms with E-state index >= 15 is 0 Å². The van der Waals surface area contributed by atoms with Crippen molar-refractivity contribution in [2.75, 3.05) is 0 Å². The molecule has 4 heteroatoms. The summed E-state index contributed by atoms with van der Waals surface area (Å²) in [5, 5.41) is 2.53. The number of para-hydroxylation sites is 4. The fourth-order valence-corrected chi connectivity index (χ4v) is 4.73. The first-order valence-corrected chi connectivity index (χ1v) is 10.1. The Morgan fingerprint density at radius 3 is 2.17 bits per heavy atom. The quantitative estimate of drug-likeness (QED) is 0.346. The smallest absolute Gasteiger partial charge is 0.152 e. The third kappa shape index (κ3) is 2.02. The normalized spacial score (nSPS) is 12.8. The molecule has 0 radical (unpaired) electrons. The van der Waals surface area contributed by atoms with Gasteiger partial charge in [-0.05, 0) is 42.5 Å². The Balaban J connectivity index is 1.56. The second-order valence-corrected chi connectivity index (χ2v) is 7.66. The minimum absolute atomic E-state index is 0.483. The van der Waals surface area contributed by atoms with E-state index < -0.39 is 0 Å². The number of benzene rings is 4. The van der Waals surface area contributed by atoms with Crippen molar-refractivity contribution in [3.8, 4) is 17.1 Å². The van der Waals surface area contributed by atoms with Crippen LogP contribution < -0.4 is 4.74 Å². The Bertz CT molecular complexity index is 1550. The molecular weight excluding hydrogens is 370 g/mol. The molecule has 4 aromatic carbocycles. The minimum atomic E-state index is 0.483. The third-order valence-electron chi connectivity index (χ3n) is 6.01. The summed E-state index contributed by atoms with van der Waals surface area (Å²) >= 11 is 0. The van der Waals surface area contributed by atoms with Crippen molar-refractivity contribution < 1.29 is 4.74 Å². The fraction of sp³-hybridized carbons (Fsp3) is 0.0385. The monoisotopic (exact) mass is 387 g/mol. The highest BCUT2D eigenvalue weighted by atomic mass is 16.5. The molecule has 4 nitrogen and oxygen atoms in total. The zero-order chi connectivity index (χ0) is 19.7. The number of ether oxygens (including phenoxy) is 1. The molecule has 1 aliphatic heterocycles. The van der Waals surface area contributed by atoms with Crippen molar-refractivity contribution in [2.45, 2.75) is 6.61 Å². The molecule has 0 saturated carbocycles. The van der Waals surface area contributed by atoms with Crippen molar-refractivity contribution in [1.29, 1.82) is 0 Å². The number of aromatic nitrogens is 3. The third-order valence-corrected chi connectivity index (χ3v) is 6.01. The molecule has 0 bridgehead atoms. The lowest BCUT2D eigenvalue weighted by atomic mass is 10.2. The zero-order valence-corrected chi connectivity index (χ0v) is 16.1. The Kier molecular flexibility index (Phi) is 3.03. The zero-order valence-electron chi connectivity index (χ0n) is 16.1. The van der Waals surface area contributed by atoms with Crippen molar-refractivity contribution in [3.05, 3.63) is 96.8 Å². The van der Waals surface area contributed by atoms with Gasteiger partial charge in [0.15, 0.2) is 5.82 Å². The van der Waals surface area contributed by atoms with Gasteiger partial charge in [0.05, 0.1) is 27.8 Å². The van der Waals surface area contributed by atoms with E-state index in [0.29, 0.717) is 6.61 Å². The van der Waals surface area contributed by atoms with Gasteiger partial charge in [-0.1, -0.05) is 48.5 Å². The van der Waals surface area contributed by atoms with Gasteiger partial charge < -0.3 is 9.30 Å². The summed E-state index contributed by atoms with van der Waals surface area (Å²) in [6, 6.07) is 31.8. The van der Waals surface area contributed by atoms with E-state index in [1.54, 1.807) is 0 Å². The van der Waals surface area contributed by atoms with Crippen molar-refractivity contribution in [2.24, 2.45) is 0 Å². The van der Waals surface area contributed by atoms with E-state index in [2.05, 4.69) is 81.9 Å². The maximum Gasteiger partial charge on any atom is 0.152 e. The average Bonchev–Trinajstić information content (AvgIpc) is 3.34. The molecule has 30 heavy (non-hydrogen) atoms. The number of nitrogens with zero attached hydrogens (tertiary/aromatic N) is 3. The molecule has 0 fully saturated rings. The van der Waals surface area contributed by atoms with Gasteiger partial charge >= 0.3 is 0 Å². The Hall–Kier alpha value is -4.05. The van der Waals surface area contributed by atoms with Crippen molar-refractivity contribution in [3.63, 3.8) is 0 Å². The van der Waals surface area contributed by atoms with Crippen LogP contribution in [-0.2, 0) is 6.61 Å². The molecule has 0 N–H and O–H groups in total. The largest absolute Gasteiger partial charge is 0.483 e. The number of rotatable bonds is 1. The summed E-state index contributed by atoms with van der Waals surface area (Å²) in [5.41, 5.74) is 6.67. The topological polar surface area (TPSA) is 32.0 Å². The van der Waals surface area contributed by atoms with Crippen molar-refractivity contribution in [1.82, 2.24) is 14.1 Å². The highest BCUT2D eigenvalue weighted by Crippen LogP contribution is 2.36. The lowest BCUT2D eigenvalue weighted by Crippen LogP contribution is -2.12. The van der Waals surface area contributed by atoms with Crippen LogP contribution in [-0.4, -0.2) is 14.1 Å². The van der Waals surface area contributed by atoms with Gasteiger partial charge in [0.2, 0.25) is 0 Å². The number of hydrogen-bond acceptors (Lipinski definition) is 2. The molecule has 0 atom stereocenters. The van der Waals surface area contributed by atoms with E-state index in [1.807, 2.05) is 18.2 Å². The lowest BCUT2D eigenvalue weighted by Gasteiger charge is -2.19. The van der Waals surface area contributed by atoms with Gasteiger partial charge in [-0.15, -0.1) is 0 Å². The molecule has 1 aliphatic rings. The molecule has 3 heterocycles. The predicted molar refractivity (Wildman–Crippen MR) is 120 cm³/mol. The summed E-state index contributed by atoms with van der Waals surface area (Å²) in [7, 11) is 0. The van der Waals surface area contributed by atoms with Gasteiger partial charge in [0.25, 0.3) is 0 Å². The molecule has 0 amide bonds. The van der Waals surface area contributed by atoms with Crippen molar-refractivity contribution >= 4 is 32.8 Å². The van der Waals surface area contributed by atoms with Gasteiger partial charge in [-0.3, -0.25) is 4.57 Å². The maximum atomic E-state index is 5.91. The summed E-state index contributed by atoms with van der Waals surface area (Å²) in [5.74, 6) is 1.83. The van der Waals surface area contributed by atoms with Gasteiger partial charge in [-0.2, -0.15) is 0 Å². The van der Waals surface area contributed by atoms with Crippen LogP contribution in [0.5, 0.6) is 5.75 Å². The molecule has 142 valence electrons. The van der Waals surface area contributed by atoms with Crippen LogP contribution in [0.15, 0.2) is 91.0 Å². The second kappa shape index (κ2) is 5.74. The highest BCUT2D eigenvalue weighted by molar-refractivity contribution is 6.09. The lowest BCUT2D eigenvalue weighted by molar-refractivity contribution is 0.280. The first-order chi connectivity index (χ1) is 14.9. The van der Waals surface area contributed by atoms with E-state index in [4.69, 9.17) is 9.72 Å². The Labute approximate surface area is 172 Å². The van der Waals surface area contributed by atoms with Crippen LogP contribution in [0.25, 0.3) is 44.2 Å². The number of hydrogen-bond donors (Lipinski definition) is 0. The van der Waals surface area contributed by atoms with E-state index in [9.17, 15) is 0 Å². The molecule has 0 saturated heterocycles. The standard InChI is InChI=1S/C26H17N3O/c1-3-9-21-18(7-1)19-8-2-4-10-22(19)28(21)17-13-14-20-24(15-17)29-23-11-5-6-12-25(23)30-16-26(29)27-20/h1-15H,16H2. The second-order valence-electron chi connectivity index (χ2n) is 7.66. The molecule has 6 aromatic rings. The van der Waals surface area contributed by atoms with Gasteiger partial charge in [0.1, 0.15) is 12.4 Å². The van der Waals surface area contributed by atoms with Crippen LogP contribution in [0.2, 0.25) is 0 Å². The molecular formula is C26H17N3O.